The third-order valence-corrected chi connectivity index (χ3v) is 4.75. The normalized spacial score (nSPS) is 11.1. The Balaban J connectivity index is 1.94. The third kappa shape index (κ3) is 4.24. The zero-order chi connectivity index (χ0) is 21.1. The lowest BCUT2D eigenvalue weighted by Gasteiger charge is -2.13. The molecule has 0 aliphatic rings. The van der Waals surface area contributed by atoms with Gasteiger partial charge in [-0.05, 0) is 43.3 Å². The first-order valence-electron chi connectivity index (χ1n) is 8.48. The number of pyridine rings is 1. The van der Waals surface area contributed by atoms with Gasteiger partial charge in [-0.1, -0.05) is 15.9 Å². The van der Waals surface area contributed by atoms with Crippen LogP contribution < -0.4 is 16.0 Å². The molecule has 0 saturated heterocycles. The van der Waals surface area contributed by atoms with Crippen LogP contribution in [0, 0.1) is 5.82 Å². The van der Waals surface area contributed by atoms with Crippen molar-refractivity contribution < 1.29 is 19.1 Å². The second-order valence-electron chi connectivity index (χ2n) is 6.04. The van der Waals surface area contributed by atoms with E-state index in [2.05, 4.69) is 26.5 Å². The summed E-state index contributed by atoms with van der Waals surface area (Å²) in [6, 6.07) is 8.92. The predicted octanol–water partition coefficient (Wildman–Crippen LogP) is 2.57. The fraction of sp³-hybridized carbons (Fsp3) is 0.100. The molecule has 0 amide bonds. The van der Waals surface area contributed by atoms with Crippen molar-refractivity contribution in [2.24, 2.45) is 5.10 Å². The van der Waals surface area contributed by atoms with Gasteiger partial charge in [-0.2, -0.15) is 5.10 Å². The quantitative estimate of drug-likeness (QED) is 0.347. The molecule has 1 heterocycles. The van der Waals surface area contributed by atoms with Crippen LogP contribution in [-0.4, -0.2) is 22.5 Å². The van der Waals surface area contributed by atoms with E-state index in [0.717, 1.165) is 23.0 Å². The van der Waals surface area contributed by atoms with Crippen molar-refractivity contribution in [2.45, 2.75) is 13.5 Å². The number of fused-ring (bicyclic) bond motifs is 1. The Kier molecular flexibility index (Phi) is 5.88. The molecular weight excluding hydrogens is 445 g/mol. The van der Waals surface area contributed by atoms with Gasteiger partial charge in [0.1, 0.15) is 5.82 Å². The Hall–Kier alpha value is -3.33. The Morgan fingerprint density at radius 3 is 2.59 bits per heavy atom. The lowest BCUT2D eigenvalue weighted by molar-refractivity contribution is -0.255. The number of ketones is 1. The molecule has 3 aromatic rings. The summed E-state index contributed by atoms with van der Waals surface area (Å²) in [6.45, 7) is 2.09. The molecule has 0 atom stereocenters. The van der Waals surface area contributed by atoms with Crippen molar-refractivity contribution in [3.63, 3.8) is 0 Å². The number of rotatable bonds is 6. The molecular formula is C20H14BrFN3O4-. The minimum Gasteiger partial charge on any atom is -0.545 e. The number of aromatic nitrogens is 1. The van der Waals surface area contributed by atoms with Gasteiger partial charge in [-0.25, -0.2) is 4.39 Å². The summed E-state index contributed by atoms with van der Waals surface area (Å²) in [7, 11) is 0. The second kappa shape index (κ2) is 8.36. The zero-order valence-corrected chi connectivity index (χ0v) is 16.7. The summed E-state index contributed by atoms with van der Waals surface area (Å²) in [5, 5.41) is 14.8. The molecule has 0 unspecified atom stereocenters. The van der Waals surface area contributed by atoms with E-state index in [1.165, 1.54) is 10.6 Å². The molecule has 29 heavy (non-hydrogen) atoms. The molecule has 0 aliphatic carbocycles. The smallest absolute Gasteiger partial charge is 0.205 e. The van der Waals surface area contributed by atoms with Gasteiger partial charge >= 0.3 is 0 Å². The van der Waals surface area contributed by atoms with E-state index in [0.29, 0.717) is 17.6 Å². The summed E-state index contributed by atoms with van der Waals surface area (Å²) < 4.78 is 16.7. The lowest BCUT2D eigenvalue weighted by atomic mass is 10.1. The summed E-state index contributed by atoms with van der Waals surface area (Å²) in [4.78, 5) is 35.5. The first-order valence-corrected chi connectivity index (χ1v) is 9.28. The van der Waals surface area contributed by atoms with Crippen molar-refractivity contribution >= 4 is 50.5 Å². The van der Waals surface area contributed by atoms with Gasteiger partial charge in [0.15, 0.2) is 5.43 Å². The Bertz CT molecular complexity index is 1200. The maximum absolute atomic E-state index is 14.4. The Morgan fingerprint density at radius 1 is 1.28 bits per heavy atom. The van der Waals surface area contributed by atoms with Crippen LogP contribution in [0.25, 0.3) is 10.9 Å². The average molecular weight is 459 g/mol. The van der Waals surface area contributed by atoms with E-state index < -0.39 is 22.8 Å². The highest BCUT2D eigenvalue weighted by atomic mass is 79.9. The van der Waals surface area contributed by atoms with E-state index >= 15 is 0 Å². The molecule has 1 aromatic heterocycles. The van der Waals surface area contributed by atoms with E-state index in [1.807, 2.05) is 0 Å². The monoisotopic (exact) mass is 458 g/mol. The van der Waals surface area contributed by atoms with Crippen LogP contribution in [0.1, 0.15) is 27.6 Å². The van der Waals surface area contributed by atoms with Crippen molar-refractivity contribution in [1.82, 2.24) is 4.57 Å². The number of hydrogen-bond donors (Lipinski definition) is 1. The highest BCUT2D eigenvalue weighted by Crippen LogP contribution is 2.22. The number of aromatic carboxylic acids is 1. The Labute approximate surface area is 172 Å². The number of aryl methyl sites for hydroxylation is 1. The van der Waals surface area contributed by atoms with Gasteiger partial charge in [0.05, 0.1) is 29.0 Å². The SMILES string of the molecule is CCn1cc(C(=O)[O-])c(=O)c2cc(F)c(N/N=C\C(=O)c3ccc(Br)cc3)cc21. The van der Waals surface area contributed by atoms with Crippen molar-refractivity contribution in [1.29, 1.82) is 0 Å². The molecule has 0 aliphatic heterocycles. The van der Waals surface area contributed by atoms with Crippen molar-refractivity contribution in [2.75, 3.05) is 5.43 Å². The maximum atomic E-state index is 14.4. The number of hydrazone groups is 1. The number of Topliss-reactive ketones (excluding diaryl/α,β-unsaturated/α-hetero) is 1. The van der Waals surface area contributed by atoms with Crippen LogP contribution in [0.15, 0.2) is 57.0 Å². The molecule has 148 valence electrons. The fourth-order valence-electron chi connectivity index (χ4n) is 2.75. The first kappa shape index (κ1) is 20.4. The van der Waals surface area contributed by atoms with Crippen LogP contribution in [-0.2, 0) is 6.54 Å². The summed E-state index contributed by atoms with van der Waals surface area (Å²) >= 11 is 3.28. The molecule has 7 nitrogen and oxygen atoms in total. The Morgan fingerprint density at radius 2 is 1.97 bits per heavy atom. The predicted molar refractivity (Wildman–Crippen MR) is 109 cm³/mol. The molecule has 0 radical (unpaired) electrons. The van der Waals surface area contributed by atoms with Crippen molar-refractivity contribution in [3.8, 4) is 0 Å². The van der Waals surface area contributed by atoms with Gasteiger partial charge in [-0.15, -0.1) is 0 Å². The number of hydrogen-bond acceptors (Lipinski definition) is 6. The number of nitrogens with one attached hydrogen (secondary N) is 1. The fourth-order valence-corrected chi connectivity index (χ4v) is 3.02. The number of carboxylic acids is 1. The maximum Gasteiger partial charge on any atom is 0.205 e. The number of nitrogens with zero attached hydrogens (tertiary/aromatic N) is 2. The van der Waals surface area contributed by atoms with Gasteiger partial charge < -0.3 is 14.5 Å². The molecule has 0 fully saturated rings. The molecule has 0 bridgehead atoms. The highest BCUT2D eigenvalue weighted by Gasteiger charge is 2.13. The van der Waals surface area contributed by atoms with E-state index in [-0.39, 0.29) is 16.9 Å². The second-order valence-corrected chi connectivity index (χ2v) is 6.95. The molecule has 9 heteroatoms. The molecule has 3 rings (SSSR count). The zero-order valence-electron chi connectivity index (χ0n) is 15.1. The topological polar surface area (TPSA) is 104 Å². The van der Waals surface area contributed by atoms with E-state index in [4.69, 9.17) is 0 Å². The molecule has 2 aromatic carbocycles. The minimum absolute atomic E-state index is 0.0693. The lowest BCUT2D eigenvalue weighted by Crippen LogP contribution is -2.30. The van der Waals surface area contributed by atoms with Crippen LogP contribution in [0.5, 0.6) is 0 Å². The van der Waals surface area contributed by atoms with Gasteiger partial charge in [0.2, 0.25) is 5.78 Å². The summed E-state index contributed by atoms with van der Waals surface area (Å²) in [6.07, 6.45) is 2.17. The van der Waals surface area contributed by atoms with Gasteiger partial charge in [-0.3, -0.25) is 15.0 Å². The number of benzene rings is 2. The van der Waals surface area contributed by atoms with Gasteiger partial charge in [0.25, 0.3) is 0 Å². The number of carboxylic acid groups (broad SMARTS) is 1. The number of anilines is 1. The molecule has 0 saturated carbocycles. The minimum atomic E-state index is -1.63. The number of halogens is 2. The van der Waals surface area contributed by atoms with Gasteiger partial charge in [0, 0.05) is 28.2 Å². The number of carbonyl (C=O) groups is 2. The molecule has 0 spiro atoms. The highest BCUT2D eigenvalue weighted by molar-refractivity contribution is 9.10. The van der Waals surface area contributed by atoms with Crippen LogP contribution in [0.2, 0.25) is 0 Å². The van der Waals surface area contributed by atoms with Crippen molar-refractivity contribution in [3.05, 3.63) is 74.2 Å². The van der Waals surface area contributed by atoms with Crippen LogP contribution in [0.4, 0.5) is 10.1 Å². The molecule has 1 N–H and O–H groups in total. The summed E-state index contributed by atoms with van der Waals surface area (Å²) in [5.74, 6) is -2.82. The largest absolute Gasteiger partial charge is 0.545 e. The standard InChI is InChI=1S/C20H15BrFN3O4/c1-2-25-10-14(20(28)29)19(27)13-7-15(22)16(8-17(13)25)24-23-9-18(26)11-3-5-12(21)6-4-11/h3-10,24H,2H2,1H3,(H,28,29)/p-1/b23-9-. The first-order chi connectivity index (χ1) is 13.8. The third-order valence-electron chi connectivity index (χ3n) is 4.23. The summed E-state index contributed by atoms with van der Waals surface area (Å²) in [5.41, 5.74) is 1.73. The number of carbonyl (C=O) groups excluding carboxylic acids is 2. The van der Waals surface area contributed by atoms with E-state index in [1.54, 1.807) is 31.2 Å². The van der Waals surface area contributed by atoms with E-state index in [9.17, 15) is 23.9 Å². The van der Waals surface area contributed by atoms with Crippen LogP contribution >= 0.6 is 15.9 Å². The van der Waals surface area contributed by atoms with Crippen LogP contribution in [0.3, 0.4) is 0 Å². The average Bonchev–Trinajstić information content (AvgIpc) is 2.69.